The minimum Gasteiger partial charge on any atom is -0.486 e. The third-order valence-electron chi connectivity index (χ3n) is 5.41. The van der Waals surface area contributed by atoms with Gasteiger partial charge < -0.3 is 19.5 Å². The van der Waals surface area contributed by atoms with E-state index in [0.717, 1.165) is 5.56 Å². The maximum absolute atomic E-state index is 13.3. The molecule has 2 amide bonds. The molecule has 0 aliphatic carbocycles. The lowest BCUT2D eigenvalue weighted by Crippen LogP contribution is -2.41. The number of hydrogen-bond donors (Lipinski definition) is 1. The van der Waals surface area contributed by atoms with Crippen molar-refractivity contribution in [1.29, 1.82) is 0 Å². The van der Waals surface area contributed by atoms with Gasteiger partial charge in [-0.3, -0.25) is 14.5 Å². The number of nitrogens with zero attached hydrogens (tertiary/aromatic N) is 2. The molecule has 0 saturated heterocycles. The topological polar surface area (TPSA) is 90.0 Å². The summed E-state index contributed by atoms with van der Waals surface area (Å²) < 4.78 is 17.0. The number of rotatable bonds is 4. The van der Waals surface area contributed by atoms with E-state index in [-0.39, 0.29) is 29.9 Å². The molecule has 0 fully saturated rings. The fourth-order valence-corrected chi connectivity index (χ4v) is 3.95. The van der Waals surface area contributed by atoms with Gasteiger partial charge in [-0.05, 0) is 55.0 Å². The molecule has 2 aliphatic heterocycles. The van der Waals surface area contributed by atoms with Crippen LogP contribution in [0.25, 0.3) is 0 Å². The molecule has 1 N–H and O–H groups in total. The summed E-state index contributed by atoms with van der Waals surface area (Å²) in [6, 6.07) is 13.4. The van der Waals surface area contributed by atoms with Crippen LogP contribution in [-0.2, 0) is 4.79 Å². The number of halogens is 1. The standard InChI is InChI=1S/C24H20ClN3O5/c1-14(15-4-6-20-21(11-15)32-10-9-31-20)27-22(29)13-28-18-12-16(25)5-7-19(18)33-23-17(24(28)30)3-2-8-26-23/h2-8,11-12,14H,9-10,13H2,1H3,(H,27,29)/t14-/m0/s1. The van der Waals surface area contributed by atoms with E-state index in [1.165, 1.54) is 4.90 Å². The number of hydrogen-bond acceptors (Lipinski definition) is 6. The lowest BCUT2D eigenvalue weighted by Gasteiger charge is -2.24. The van der Waals surface area contributed by atoms with Gasteiger partial charge >= 0.3 is 0 Å². The smallest absolute Gasteiger partial charge is 0.264 e. The highest BCUT2D eigenvalue weighted by atomic mass is 35.5. The quantitative estimate of drug-likeness (QED) is 0.623. The van der Waals surface area contributed by atoms with Gasteiger partial charge in [0.15, 0.2) is 17.2 Å². The normalized spacial score (nSPS) is 15.0. The number of pyridine rings is 1. The van der Waals surface area contributed by atoms with Crippen molar-refractivity contribution in [2.24, 2.45) is 0 Å². The average Bonchev–Trinajstić information content (AvgIpc) is 2.93. The van der Waals surface area contributed by atoms with Crippen LogP contribution in [0.15, 0.2) is 54.7 Å². The van der Waals surface area contributed by atoms with Gasteiger partial charge in [0.05, 0.1) is 11.7 Å². The Morgan fingerprint density at radius 1 is 1.12 bits per heavy atom. The van der Waals surface area contributed by atoms with Crippen molar-refractivity contribution in [3.63, 3.8) is 0 Å². The average molecular weight is 466 g/mol. The van der Waals surface area contributed by atoms with E-state index in [1.54, 1.807) is 36.5 Å². The molecule has 3 aromatic rings. The summed E-state index contributed by atoms with van der Waals surface area (Å²) in [4.78, 5) is 31.8. The predicted molar refractivity (Wildman–Crippen MR) is 121 cm³/mol. The molecule has 2 aliphatic rings. The molecule has 1 atom stereocenters. The van der Waals surface area contributed by atoms with Crippen molar-refractivity contribution in [2.75, 3.05) is 24.7 Å². The highest BCUT2D eigenvalue weighted by molar-refractivity contribution is 6.31. The van der Waals surface area contributed by atoms with Gasteiger partial charge in [-0.1, -0.05) is 17.7 Å². The first-order chi connectivity index (χ1) is 16.0. The third kappa shape index (κ3) is 4.17. The molecular formula is C24H20ClN3O5. The summed E-state index contributed by atoms with van der Waals surface area (Å²) in [5.74, 6) is 1.15. The zero-order valence-electron chi connectivity index (χ0n) is 17.7. The maximum atomic E-state index is 13.3. The number of carbonyl (C=O) groups is 2. The van der Waals surface area contributed by atoms with Crippen LogP contribution < -0.4 is 24.4 Å². The van der Waals surface area contributed by atoms with E-state index in [2.05, 4.69) is 10.3 Å². The third-order valence-corrected chi connectivity index (χ3v) is 5.65. The summed E-state index contributed by atoms with van der Waals surface area (Å²) in [5, 5.41) is 3.36. The molecule has 0 bridgehead atoms. The molecule has 0 radical (unpaired) electrons. The number of nitrogens with one attached hydrogen (secondary N) is 1. The van der Waals surface area contributed by atoms with E-state index in [1.807, 2.05) is 25.1 Å². The zero-order chi connectivity index (χ0) is 22.9. The van der Waals surface area contributed by atoms with Crippen LogP contribution in [0.3, 0.4) is 0 Å². The number of carbonyl (C=O) groups excluding carboxylic acids is 2. The first-order valence-electron chi connectivity index (χ1n) is 10.4. The minimum atomic E-state index is -0.402. The second-order valence-corrected chi connectivity index (χ2v) is 8.09. The van der Waals surface area contributed by atoms with Crippen molar-refractivity contribution in [2.45, 2.75) is 13.0 Å². The first kappa shape index (κ1) is 21.1. The number of fused-ring (bicyclic) bond motifs is 3. The molecule has 0 spiro atoms. The summed E-state index contributed by atoms with van der Waals surface area (Å²) in [6.07, 6.45) is 1.54. The van der Waals surface area contributed by atoms with Crippen LogP contribution in [0.5, 0.6) is 23.1 Å². The van der Waals surface area contributed by atoms with Gasteiger partial charge in [0.25, 0.3) is 5.91 Å². The highest BCUT2D eigenvalue weighted by Crippen LogP contribution is 2.39. The molecule has 0 saturated carbocycles. The SMILES string of the molecule is C[C@H](NC(=O)CN1C(=O)c2cccnc2Oc2ccc(Cl)cc21)c1ccc2c(c1)OCCO2. The lowest BCUT2D eigenvalue weighted by atomic mass is 10.1. The Hall–Kier alpha value is -3.78. The molecular weight excluding hydrogens is 446 g/mol. The van der Waals surface area contributed by atoms with Crippen LogP contribution in [0.1, 0.15) is 28.9 Å². The van der Waals surface area contributed by atoms with Crippen molar-refractivity contribution in [1.82, 2.24) is 10.3 Å². The molecule has 9 heteroatoms. The van der Waals surface area contributed by atoms with E-state index in [0.29, 0.717) is 41.2 Å². The predicted octanol–water partition coefficient (Wildman–Crippen LogP) is 4.14. The van der Waals surface area contributed by atoms with Crippen LogP contribution >= 0.6 is 11.6 Å². The van der Waals surface area contributed by atoms with Crippen LogP contribution in [0, 0.1) is 0 Å². The first-order valence-corrected chi connectivity index (χ1v) is 10.8. The second kappa shape index (κ2) is 8.63. The maximum Gasteiger partial charge on any atom is 0.264 e. The van der Waals surface area contributed by atoms with Crippen LogP contribution in [0.4, 0.5) is 5.69 Å². The van der Waals surface area contributed by atoms with Gasteiger partial charge in [-0.2, -0.15) is 0 Å². The summed E-state index contributed by atoms with van der Waals surface area (Å²) in [5.41, 5.74) is 1.52. The number of amides is 2. The Bertz CT molecular complexity index is 1250. The van der Waals surface area contributed by atoms with Crippen molar-refractivity contribution in [3.05, 3.63) is 70.9 Å². The molecule has 33 heavy (non-hydrogen) atoms. The van der Waals surface area contributed by atoms with Crippen molar-refractivity contribution in [3.8, 4) is 23.1 Å². The molecule has 2 aromatic carbocycles. The number of ether oxygens (including phenoxy) is 3. The molecule has 168 valence electrons. The summed E-state index contributed by atoms with van der Waals surface area (Å²) in [7, 11) is 0. The van der Waals surface area contributed by atoms with Gasteiger partial charge in [-0.25, -0.2) is 4.98 Å². The Balaban J connectivity index is 1.39. The lowest BCUT2D eigenvalue weighted by molar-refractivity contribution is -0.120. The van der Waals surface area contributed by atoms with E-state index >= 15 is 0 Å². The summed E-state index contributed by atoms with van der Waals surface area (Å²) >= 11 is 6.18. The Kier molecular flexibility index (Phi) is 5.51. The van der Waals surface area contributed by atoms with Crippen molar-refractivity contribution >= 4 is 29.1 Å². The largest absolute Gasteiger partial charge is 0.486 e. The Morgan fingerprint density at radius 3 is 2.76 bits per heavy atom. The van der Waals surface area contributed by atoms with Gasteiger partial charge in [0.1, 0.15) is 25.3 Å². The minimum absolute atomic E-state index is 0.179. The molecule has 1 aromatic heterocycles. The fourth-order valence-electron chi connectivity index (χ4n) is 3.78. The molecule has 5 rings (SSSR count). The number of anilines is 1. The molecule has 8 nitrogen and oxygen atoms in total. The number of benzene rings is 2. The van der Waals surface area contributed by atoms with E-state index in [9.17, 15) is 9.59 Å². The fraction of sp³-hybridized carbons (Fsp3) is 0.208. The second-order valence-electron chi connectivity index (χ2n) is 7.65. The Morgan fingerprint density at radius 2 is 1.91 bits per heavy atom. The Labute approximate surface area is 195 Å². The van der Waals surface area contributed by atoms with E-state index in [4.69, 9.17) is 25.8 Å². The van der Waals surface area contributed by atoms with Gasteiger partial charge in [0.2, 0.25) is 11.8 Å². The summed E-state index contributed by atoms with van der Waals surface area (Å²) in [6.45, 7) is 2.63. The molecule has 0 unspecified atom stereocenters. The van der Waals surface area contributed by atoms with Gasteiger partial charge in [0, 0.05) is 11.2 Å². The zero-order valence-corrected chi connectivity index (χ0v) is 18.5. The highest BCUT2D eigenvalue weighted by Gasteiger charge is 2.31. The van der Waals surface area contributed by atoms with E-state index < -0.39 is 5.91 Å². The van der Waals surface area contributed by atoms with Crippen LogP contribution in [-0.4, -0.2) is 36.6 Å². The van der Waals surface area contributed by atoms with Crippen LogP contribution in [0.2, 0.25) is 5.02 Å². The van der Waals surface area contributed by atoms with Gasteiger partial charge in [-0.15, -0.1) is 0 Å². The van der Waals surface area contributed by atoms with Crippen molar-refractivity contribution < 1.29 is 23.8 Å². The monoisotopic (exact) mass is 465 g/mol. The molecule has 3 heterocycles. The number of aromatic nitrogens is 1.